The molecule has 1 atom stereocenters. The van der Waals surface area contributed by atoms with Gasteiger partial charge in [-0.05, 0) is 49.2 Å². The first-order valence-corrected chi connectivity index (χ1v) is 9.65. The monoisotopic (exact) mass is 389 g/mol. The van der Waals surface area contributed by atoms with Crippen LogP contribution in [0.3, 0.4) is 0 Å². The summed E-state index contributed by atoms with van der Waals surface area (Å²) in [5, 5.41) is 2.98. The van der Waals surface area contributed by atoms with Gasteiger partial charge in [0, 0.05) is 42.8 Å². The van der Waals surface area contributed by atoms with Crippen molar-refractivity contribution in [3.63, 3.8) is 0 Å². The van der Waals surface area contributed by atoms with E-state index in [-0.39, 0.29) is 11.8 Å². The van der Waals surface area contributed by atoms with Crippen molar-refractivity contribution in [3.05, 3.63) is 61.2 Å². The van der Waals surface area contributed by atoms with Crippen LogP contribution in [-0.4, -0.2) is 41.1 Å². The Kier molecular flexibility index (Phi) is 5.65. The molecule has 1 aliphatic rings. The quantitative estimate of drug-likeness (QED) is 0.720. The van der Waals surface area contributed by atoms with Gasteiger partial charge in [-0.25, -0.2) is 9.97 Å². The molecule has 4 rings (SSSR count). The van der Waals surface area contributed by atoms with Gasteiger partial charge >= 0.3 is 0 Å². The maximum Gasteiger partial charge on any atom is 0.229 e. The van der Waals surface area contributed by atoms with E-state index in [2.05, 4.69) is 25.2 Å². The van der Waals surface area contributed by atoms with Gasteiger partial charge in [0.05, 0.1) is 18.7 Å². The number of hydrogen-bond donors (Lipinski definition) is 1. The Hall–Kier alpha value is -3.48. The molecule has 0 bridgehead atoms. The number of aromatic nitrogens is 3. The van der Waals surface area contributed by atoms with Crippen LogP contribution in [0.4, 0.5) is 11.5 Å². The summed E-state index contributed by atoms with van der Waals surface area (Å²) in [5.74, 6) is 1.59. The van der Waals surface area contributed by atoms with Crippen LogP contribution >= 0.6 is 0 Å². The Labute approximate surface area is 169 Å². The molecule has 1 fully saturated rings. The Morgan fingerprint density at radius 1 is 1.14 bits per heavy atom. The fourth-order valence-corrected chi connectivity index (χ4v) is 3.52. The molecule has 0 radical (unpaired) electrons. The summed E-state index contributed by atoms with van der Waals surface area (Å²) in [6.45, 7) is 1.51. The molecule has 1 saturated heterocycles. The van der Waals surface area contributed by atoms with E-state index in [0.29, 0.717) is 6.54 Å². The first-order chi connectivity index (χ1) is 14.2. The largest absolute Gasteiger partial charge is 0.497 e. The molecule has 0 spiro atoms. The fourth-order valence-electron chi connectivity index (χ4n) is 3.52. The maximum absolute atomic E-state index is 12.7. The molecule has 148 valence electrons. The lowest BCUT2D eigenvalue weighted by Gasteiger charge is -2.33. The molecule has 7 nitrogen and oxygen atoms in total. The highest BCUT2D eigenvalue weighted by Crippen LogP contribution is 2.26. The van der Waals surface area contributed by atoms with Crippen molar-refractivity contribution >= 4 is 17.4 Å². The van der Waals surface area contributed by atoms with Crippen molar-refractivity contribution in [2.45, 2.75) is 12.8 Å². The number of methoxy groups -OCH3 is 1. The smallest absolute Gasteiger partial charge is 0.229 e. The van der Waals surface area contributed by atoms with Crippen LogP contribution in [0.1, 0.15) is 12.8 Å². The van der Waals surface area contributed by atoms with Crippen molar-refractivity contribution in [1.82, 2.24) is 15.0 Å². The molecule has 7 heteroatoms. The summed E-state index contributed by atoms with van der Waals surface area (Å²) >= 11 is 0. The van der Waals surface area contributed by atoms with Gasteiger partial charge < -0.3 is 15.0 Å². The average molecular weight is 389 g/mol. The summed E-state index contributed by atoms with van der Waals surface area (Å²) in [6, 6.07) is 13.4. The van der Waals surface area contributed by atoms with Crippen LogP contribution in [0.5, 0.6) is 5.75 Å². The number of nitrogens with zero attached hydrogens (tertiary/aromatic N) is 4. The van der Waals surface area contributed by atoms with E-state index in [1.165, 1.54) is 0 Å². The van der Waals surface area contributed by atoms with E-state index in [9.17, 15) is 4.79 Å². The Balaban J connectivity index is 1.47. The molecule has 1 amide bonds. The van der Waals surface area contributed by atoms with Crippen LogP contribution in [0.2, 0.25) is 0 Å². The minimum absolute atomic E-state index is 0.0327. The highest BCUT2D eigenvalue weighted by atomic mass is 16.5. The molecule has 2 aromatic heterocycles. The number of rotatable bonds is 5. The van der Waals surface area contributed by atoms with Crippen molar-refractivity contribution in [2.75, 3.05) is 30.4 Å². The number of piperidine rings is 1. The number of benzene rings is 1. The lowest BCUT2D eigenvalue weighted by Crippen LogP contribution is -2.41. The van der Waals surface area contributed by atoms with E-state index < -0.39 is 0 Å². The van der Waals surface area contributed by atoms with Gasteiger partial charge in [0.2, 0.25) is 5.91 Å². The van der Waals surface area contributed by atoms with Crippen LogP contribution in [0.15, 0.2) is 61.2 Å². The third-order valence-electron chi connectivity index (χ3n) is 5.10. The maximum atomic E-state index is 12.7. The second-order valence-electron chi connectivity index (χ2n) is 7.00. The van der Waals surface area contributed by atoms with E-state index >= 15 is 0 Å². The van der Waals surface area contributed by atoms with Crippen molar-refractivity contribution < 1.29 is 9.53 Å². The highest BCUT2D eigenvalue weighted by molar-refractivity contribution is 5.93. The number of anilines is 2. The second kappa shape index (κ2) is 8.68. The number of hydrogen-bond acceptors (Lipinski definition) is 6. The minimum Gasteiger partial charge on any atom is -0.497 e. The topological polar surface area (TPSA) is 80.2 Å². The van der Waals surface area contributed by atoms with Crippen molar-refractivity contribution in [1.29, 1.82) is 0 Å². The summed E-state index contributed by atoms with van der Waals surface area (Å²) < 4.78 is 5.22. The molecular formula is C22H23N5O2. The third-order valence-corrected chi connectivity index (χ3v) is 5.10. The minimum atomic E-state index is -0.0867. The summed E-state index contributed by atoms with van der Waals surface area (Å²) in [5.41, 5.74) is 2.62. The Bertz CT molecular complexity index is 962. The molecule has 1 aliphatic heterocycles. The van der Waals surface area contributed by atoms with Crippen LogP contribution in [-0.2, 0) is 4.79 Å². The molecule has 1 N–H and O–H groups in total. The van der Waals surface area contributed by atoms with Crippen LogP contribution in [0, 0.1) is 5.92 Å². The molecular weight excluding hydrogens is 366 g/mol. The van der Waals surface area contributed by atoms with Gasteiger partial charge in [0.25, 0.3) is 0 Å². The zero-order chi connectivity index (χ0) is 20.1. The van der Waals surface area contributed by atoms with Gasteiger partial charge in [-0.1, -0.05) is 0 Å². The summed E-state index contributed by atoms with van der Waals surface area (Å²) in [4.78, 5) is 27.7. The zero-order valence-electron chi connectivity index (χ0n) is 16.3. The molecule has 1 aromatic carbocycles. The first-order valence-electron chi connectivity index (χ1n) is 9.65. The molecule has 0 saturated carbocycles. The number of carbonyl (C=O) groups excluding carboxylic acids is 1. The zero-order valence-corrected chi connectivity index (χ0v) is 16.3. The van der Waals surface area contributed by atoms with Gasteiger partial charge in [0.15, 0.2) is 0 Å². The van der Waals surface area contributed by atoms with Crippen LogP contribution < -0.4 is 15.0 Å². The van der Waals surface area contributed by atoms with E-state index in [1.807, 2.05) is 30.3 Å². The average Bonchev–Trinajstić information content (AvgIpc) is 2.80. The molecule has 0 aliphatic carbocycles. The molecule has 1 unspecified atom stereocenters. The lowest BCUT2D eigenvalue weighted by molar-refractivity contribution is -0.120. The number of ether oxygens (including phenoxy) is 1. The highest BCUT2D eigenvalue weighted by Gasteiger charge is 2.27. The predicted octanol–water partition coefficient (Wildman–Crippen LogP) is 3.40. The number of pyridine rings is 1. The Morgan fingerprint density at radius 2 is 1.93 bits per heavy atom. The normalized spacial score (nSPS) is 16.3. The van der Waals surface area contributed by atoms with Gasteiger partial charge in [-0.15, -0.1) is 0 Å². The summed E-state index contributed by atoms with van der Waals surface area (Å²) in [6.07, 6.45) is 6.73. The van der Waals surface area contributed by atoms with E-state index in [0.717, 1.165) is 47.9 Å². The standard InChI is InChI=1S/C22H23N5O2/c1-29-19-6-4-16(5-7-19)20-13-21(25-15-24-20)27-12-2-3-17(14-27)22(28)26-18-8-10-23-11-9-18/h4-11,13,15,17H,2-3,12,14H2,1H3,(H,23,26,28). The fraction of sp³-hybridized carbons (Fsp3) is 0.273. The Morgan fingerprint density at radius 3 is 2.69 bits per heavy atom. The first kappa shape index (κ1) is 18.9. The number of nitrogens with one attached hydrogen (secondary N) is 1. The number of carbonyl (C=O) groups is 1. The molecule has 3 heterocycles. The SMILES string of the molecule is COc1ccc(-c2cc(N3CCCC(C(=O)Nc4ccncc4)C3)ncn2)cc1. The van der Waals surface area contributed by atoms with Crippen molar-refractivity contribution in [3.8, 4) is 17.0 Å². The molecule has 3 aromatic rings. The second-order valence-corrected chi connectivity index (χ2v) is 7.00. The van der Waals surface area contributed by atoms with E-state index in [1.54, 1.807) is 38.0 Å². The lowest BCUT2D eigenvalue weighted by atomic mass is 9.97. The predicted molar refractivity (Wildman–Crippen MR) is 112 cm³/mol. The van der Waals surface area contributed by atoms with Crippen LogP contribution in [0.25, 0.3) is 11.3 Å². The van der Waals surface area contributed by atoms with Gasteiger partial charge in [0.1, 0.15) is 17.9 Å². The van der Waals surface area contributed by atoms with Gasteiger partial charge in [-0.3, -0.25) is 9.78 Å². The number of amides is 1. The van der Waals surface area contributed by atoms with Crippen molar-refractivity contribution in [2.24, 2.45) is 5.92 Å². The third kappa shape index (κ3) is 4.51. The van der Waals surface area contributed by atoms with E-state index in [4.69, 9.17) is 4.74 Å². The molecule has 29 heavy (non-hydrogen) atoms. The summed E-state index contributed by atoms with van der Waals surface area (Å²) in [7, 11) is 1.65. The van der Waals surface area contributed by atoms with Gasteiger partial charge in [-0.2, -0.15) is 0 Å².